The summed E-state index contributed by atoms with van der Waals surface area (Å²) >= 11 is 0. The van der Waals surface area contributed by atoms with Gasteiger partial charge in [0.15, 0.2) is 0 Å². The summed E-state index contributed by atoms with van der Waals surface area (Å²) in [5.74, 6) is -0.450. The number of hydrogen-bond acceptors (Lipinski definition) is 5. The fourth-order valence-electron chi connectivity index (χ4n) is 2.95. The third-order valence-electron chi connectivity index (χ3n) is 4.38. The van der Waals surface area contributed by atoms with Gasteiger partial charge >= 0.3 is 5.97 Å². The molecule has 0 spiro atoms. The second kappa shape index (κ2) is 7.97. The van der Waals surface area contributed by atoms with Gasteiger partial charge in [0.25, 0.3) is 5.91 Å². The maximum absolute atomic E-state index is 12.8. The molecule has 7 nitrogen and oxygen atoms in total. The number of aliphatic carboxylic acids is 1. The zero-order valence-corrected chi connectivity index (χ0v) is 14.5. The molecule has 2 heterocycles. The Hall–Kier alpha value is -2.93. The van der Waals surface area contributed by atoms with Crippen molar-refractivity contribution in [3.8, 4) is 0 Å². The zero-order chi connectivity index (χ0) is 18.5. The largest absolute Gasteiger partial charge is 0.481 e. The Kier molecular flexibility index (Phi) is 5.48. The van der Waals surface area contributed by atoms with Crippen LogP contribution in [0.5, 0.6) is 0 Å². The minimum absolute atomic E-state index is 0.131. The van der Waals surface area contributed by atoms with E-state index in [9.17, 15) is 9.59 Å². The van der Waals surface area contributed by atoms with Gasteiger partial charge in [-0.1, -0.05) is 18.2 Å². The van der Waals surface area contributed by atoms with Gasteiger partial charge in [0.05, 0.1) is 31.2 Å². The number of amides is 1. The van der Waals surface area contributed by atoms with Crippen molar-refractivity contribution < 1.29 is 19.4 Å². The number of rotatable bonds is 5. The van der Waals surface area contributed by atoms with Crippen LogP contribution in [0.4, 0.5) is 11.5 Å². The van der Waals surface area contributed by atoms with Crippen molar-refractivity contribution in [1.29, 1.82) is 0 Å². The number of para-hydroxylation sites is 1. The van der Waals surface area contributed by atoms with E-state index in [-0.39, 0.29) is 18.9 Å². The highest BCUT2D eigenvalue weighted by Gasteiger charge is 2.30. The molecular weight excluding hydrogens is 334 g/mol. The molecule has 3 rings (SSSR count). The summed E-state index contributed by atoms with van der Waals surface area (Å²) in [6.07, 6.45) is 1.40. The molecule has 0 bridgehead atoms. The predicted octanol–water partition coefficient (Wildman–Crippen LogP) is 2.17. The lowest BCUT2D eigenvalue weighted by Crippen LogP contribution is -2.49. The smallest absolute Gasteiger partial charge is 0.305 e. The molecule has 0 aliphatic carbocycles. The number of carboxylic acids is 1. The van der Waals surface area contributed by atoms with Gasteiger partial charge in [0.2, 0.25) is 0 Å². The fourth-order valence-corrected chi connectivity index (χ4v) is 2.95. The van der Waals surface area contributed by atoms with E-state index in [1.807, 2.05) is 42.3 Å². The van der Waals surface area contributed by atoms with Crippen molar-refractivity contribution in [2.45, 2.75) is 12.5 Å². The lowest BCUT2D eigenvalue weighted by molar-refractivity contribution is -0.139. The highest BCUT2D eigenvalue weighted by atomic mass is 16.5. The number of pyridine rings is 1. The summed E-state index contributed by atoms with van der Waals surface area (Å²) in [5.41, 5.74) is 1.43. The minimum atomic E-state index is -0.948. The van der Waals surface area contributed by atoms with Gasteiger partial charge in [0, 0.05) is 25.5 Å². The molecule has 1 atom stereocenters. The molecule has 1 aromatic carbocycles. The zero-order valence-electron chi connectivity index (χ0n) is 14.5. The number of morpholine rings is 1. The van der Waals surface area contributed by atoms with E-state index in [1.54, 1.807) is 17.0 Å². The van der Waals surface area contributed by atoms with Crippen LogP contribution >= 0.6 is 0 Å². The quantitative estimate of drug-likeness (QED) is 0.885. The maximum atomic E-state index is 12.8. The Morgan fingerprint density at radius 1 is 1.27 bits per heavy atom. The molecule has 1 saturated heterocycles. The molecule has 0 radical (unpaired) electrons. The molecule has 136 valence electrons. The first kappa shape index (κ1) is 17.9. The Labute approximate surface area is 151 Å². The second-order valence-corrected chi connectivity index (χ2v) is 6.12. The number of hydrogen-bond donors (Lipinski definition) is 1. The van der Waals surface area contributed by atoms with Gasteiger partial charge in [-0.15, -0.1) is 0 Å². The summed E-state index contributed by atoms with van der Waals surface area (Å²) in [6.45, 7) is 1.02. The van der Waals surface area contributed by atoms with Crippen LogP contribution < -0.4 is 4.90 Å². The topological polar surface area (TPSA) is 83.0 Å². The lowest BCUT2D eigenvalue weighted by atomic mass is 10.1. The summed E-state index contributed by atoms with van der Waals surface area (Å²) in [5, 5.41) is 9.03. The summed E-state index contributed by atoms with van der Waals surface area (Å²) < 4.78 is 5.32. The van der Waals surface area contributed by atoms with Crippen molar-refractivity contribution in [3.63, 3.8) is 0 Å². The molecule has 1 amide bonds. The number of nitrogens with zero attached hydrogens (tertiary/aromatic N) is 3. The van der Waals surface area contributed by atoms with E-state index in [4.69, 9.17) is 9.84 Å². The van der Waals surface area contributed by atoms with Crippen LogP contribution in [0.1, 0.15) is 16.8 Å². The van der Waals surface area contributed by atoms with Gasteiger partial charge < -0.3 is 19.6 Å². The average molecular weight is 355 g/mol. The van der Waals surface area contributed by atoms with Gasteiger partial charge in [-0.25, -0.2) is 4.98 Å². The minimum Gasteiger partial charge on any atom is -0.481 e. The first-order valence-corrected chi connectivity index (χ1v) is 8.41. The standard InChI is InChI=1S/C19H21N3O4/c1-21(15-5-3-2-4-6-15)17-8-7-14(12-20-17)19(25)22-9-10-26-13-16(22)11-18(23)24/h2-8,12,16H,9-11,13H2,1H3,(H,23,24). The molecule has 7 heteroatoms. The molecule has 1 unspecified atom stereocenters. The van der Waals surface area contributed by atoms with Crippen molar-refractivity contribution in [2.75, 3.05) is 31.7 Å². The lowest BCUT2D eigenvalue weighted by Gasteiger charge is -2.34. The number of benzene rings is 1. The monoisotopic (exact) mass is 355 g/mol. The Balaban J connectivity index is 1.75. The number of carbonyl (C=O) groups excluding carboxylic acids is 1. The van der Waals surface area contributed by atoms with Crippen molar-refractivity contribution >= 4 is 23.4 Å². The Morgan fingerprint density at radius 2 is 2.04 bits per heavy atom. The SMILES string of the molecule is CN(c1ccccc1)c1ccc(C(=O)N2CCOCC2CC(=O)O)cn1. The highest BCUT2D eigenvalue weighted by molar-refractivity contribution is 5.94. The predicted molar refractivity (Wildman–Crippen MR) is 96.6 cm³/mol. The third-order valence-corrected chi connectivity index (χ3v) is 4.38. The average Bonchev–Trinajstić information content (AvgIpc) is 2.68. The fraction of sp³-hybridized carbons (Fsp3) is 0.316. The number of carbonyl (C=O) groups is 2. The molecule has 26 heavy (non-hydrogen) atoms. The molecule has 1 aliphatic rings. The highest BCUT2D eigenvalue weighted by Crippen LogP contribution is 2.22. The second-order valence-electron chi connectivity index (χ2n) is 6.12. The van der Waals surface area contributed by atoms with Crippen molar-refractivity contribution in [3.05, 3.63) is 54.2 Å². The molecular formula is C19H21N3O4. The van der Waals surface area contributed by atoms with Gasteiger partial charge in [-0.3, -0.25) is 9.59 Å². The summed E-state index contributed by atoms with van der Waals surface area (Å²) in [7, 11) is 1.91. The number of ether oxygens (including phenoxy) is 1. The van der Waals surface area contributed by atoms with Crippen LogP contribution in [0, 0.1) is 0 Å². The number of anilines is 2. The number of carboxylic acid groups (broad SMARTS) is 1. The van der Waals surface area contributed by atoms with E-state index in [2.05, 4.69) is 4.98 Å². The van der Waals surface area contributed by atoms with E-state index >= 15 is 0 Å². The van der Waals surface area contributed by atoms with Gasteiger partial charge in [0.1, 0.15) is 5.82 Å². The van der Waals surface area contributed by atoms with Crippen molar-refractivity contribution in [2.24, 2.45) is 0 Å². The first-order chi connectivity index (χ1) is 12.6. The van der Waals surface area contributed by atoms with Gasteiger partial charge in [-0.2, -0.15) is 0 Å². The van der Waals surface area contributed by atoms with Crippen molar-refractivity contribution in [1.82, 2.24) is 9.88 Å². The number of aromatic nitrogens is 1. The molecule has 1 aromatic heterocycles. The van der Waals surface area contributed by atoms with Crippen LogP contribution in [0.25, 0.3) is 0 Å². The molecule has 2 aromatic rings. The maximum Gasteiger partial charge on any atom is 0.305 e. The Morgan fingerprint density at radius 3 is 2.69 bits per heavy atom. The molecule has 1 fully saturated rings. The van der Waals surface area contributed by atoms with E-state index in [1.165, 1.54) is 6.20 Å². The first-order valence-electron chi connectivity index (χ1n) is 8.41. The summed E-state index contributed by atoms with van der Waals surface area (Å²) in [6, 6.07) is 12.8. The van der Waals surface area contributed by atoms with Crippen LogP contribution in [0.3, 0.4) is 0 Å². The molecule has 1 aliphatic heterocycles. The third kappa shape index (κ3) is 4.00. The normalized spacial score (nSPS) is 17.0. The van der Waals surface area contributed by atoms with E-state index < -0.39 is 12.0 Å². The van der Waals surface area contributed by atoms with Crippen LogP contribution in [-0.2, 0) is 9.53 Å². The summed E-state index contributed by atoms with van der Waals surface area (Å²) in [4.78, 5) is 31.7. The Bertz CT molecular complexity index is 764. The molecule has 0 saturated carbocycles. The van der Waals surface area contributed by atoms with Crippen LogP contribution in [0.15, 0.2) is 48.7 Å². The van der Waals surface area contributed by atoms with Crippen LogP contribution in [0.2, 0.25) is 0 Å². The van der Waals surface area contributed by atoms with E-state index in [0.717, 1.165) is 11.5 Å². The van der Waals surface area contributed by atoms with E-state index in [0.29, 0.717) is 18.7 Å². The molecule has 1 N–H and O–H groups in total. The van der Waals surface area contributed by atoms with Gasteiger partial charge in [-0.05, 0) is 24.3 Å². The van der Waals surface area contributed by atoms with Crippen LogP contribution in [-0.4, -0.2) is 59.7 Å².